The van der Waals surface area contributed by atoms with Crippen molar-refractivity contribution in [1.82, 2.24) is 10.2 Å². The number of methoxy groups -OCH3 is 1. The number of carbonyl (C=O) groups is 1. The molecule has 0 saturated carbocycles. The van der Waals surface area contributed by atoms with Crippen LogP contribution >= 0.6 is 11.6 Å². The third-order valence-electron chi connectivity index (χ3n) is 3.75. The standard InChI is InChI=1S/C18H29ClN2O3/c1-6-21(4)9-8-20-18(22)14-11-15(19)17(16(12-14)23-5)24-10-7-13(2)3/h11-13H,6-10H2,1-5H3,(H,20,22). The fourth-order valence-electron chi connectivity index (χ4n) is 2.01. The van der Waals surface area contributed by atoms with E-state index in [4.69, 9.17) is 21.1 Å². The first kappa shape index (κ1) is 20.6. The van der Waals surface area contributed by atoms with Crippen LogP contribution in [0.15, 0.2) is 12.1 Å². The van der Waals surface area contributed by atoms with Gasteiger partial charge in [0.1, 0.15) is 0 Å². The number of hydrogen-bond donors (Lipinski definition) is 1. The van der Waals surface area contributed by atoms with Gasteiger partial charge in [-0.2, -0.15) is 0 Å². The second-order valence-corrected chi connectivity index (χ2v) is 6.58. The molecule has 0 aliphatic heterocycles. The van der Waals surface area contributed by atoms with Gasteiger partial charge in [-0.3, -0.25) is 4.79 Å². The molecule has 0 aromatic heterocycles. The lowest BCUT2D eigenvalue weighted by Crippen LogP contribution is -2.32. The van der Waals surface area contributed by atoms with Gasteiger partial charge in [-0.05, 0) is 38.1 Å². The number of rotatable bonds is 10. The summed E-state index contributed by atoms with van der Waals surface area (Å²) >= 11 is 6.29. The summed E-state index contributed by atoms with van der Waals surface area (Å²) in [4.78, 5) is 14.4. The van der Waals surface area contributed by atoms with Crippen molar-refractivity contribution in [3.8, 4) is 11.5 Å². The Morgan fingerprint density at radius 2 is 2.08 bits per heavy atom. The lowest BCUT2D eigenvalue weighted by molar-refractivity contribution is 0.0949. The molecule has 1 rings (SSSR count). The zero-order valence-electron chi connectivity index (χ0n) is 15.3. The molecule has 1 aromatic carbocycles. The molecule has 0 bridgehead atoms. The van der Waals surface area contributed by atoms with E-state index in [1.807, 2.05) is 7.05 Å². The lowest BCUT2D eigenvalue weighted by atomic mass is 10.1. The highest BCUT2D eigenvalue weighted by Crippen LogP contribution is 2.36. The van der Waals surface area contributed by atoms with E-state index < -0.39 is 0 Å². The number of benzene rings is 1. The number of nitrogens with zero attached hydrogens (tertiary/aromatic N) is 1. The molecule has 0 atom stereocenters. The summed E-state index contributed by atoms with van der Waals surface area (Å²) in [5.74, 6) is 1.33. The minimum absolute atomic E-state index is 0.173. The Balaban J connectivity index is 2.76. The fraction of sp³-hybridized carbons (Fsp3) is 0.611. The molecule has 1 aromatic rings. The molecular formula is C18H29ClN2O3. The number of nitrogens with one attached hydrogen (secondary N) is 1. The first-order valence-electron chi connectivity index (χ1n) is 8.36. The second kappa shape index (κ2) is 10.4. The maximum Gasteiger partial charge on any atom is 0.251 e. The molecule has 0 saturated heterocycles. The highest BCUT2D eigenvalue weighted by atomic mass is 35.5. The van der Waals surface area contributed by atoms with Crippen molar-refractivity contribution in [2.45, 2.75) is 27.2 Å². The molecule has 0 radical (unpaired) electrons. The average Bonchev–Trinajstić information content (AvgIpc) is 2.55. The molecule has 5 nitrogen and oxygen atoms in total. The van der Waals surface area contributed by atoms with Gasteiger partial charge < -0.3 is 19.7 Å². The molecule has 0 fully saturated rings. The van der Waals surface area contributed by atoms with E-state index >= 15 is 0 Å². The molecule has 24 heavy (non-hydrogen) atoms. The van der Waals surface area contributed by atoms with Gasteiger partial charge in [0.25, 0.3) is 5.91 Å². The number of hydrogen-bond acceptors (Lipinski definition) is 4. The Morgan fingerprint density at radius 3 is 2.67 bits per heavy atom. The van der Waals surface area contributed by atoms with E-state index in [1.165, 1.54) is 0 Å². The quantitative estimate of drug-likeness (QED) is 0.697. The van der Waals surface area contributed by atoms with Crippen LogP contribution in [0.3, 0.4) is 0 Å². The van der Waals surface area contributed by atoms with E-state index in [0.29, 0.717) is 41.2 Å². The summed E-state index contributed by atoms with van der Waals surface area (Å²) in [7, 11) is 3.55. The molecular weight excluding hydrogens is 328 g/mol. The molecule has 1 amide bonds. The maximum atomic E-state index is 12.3. The summed E-state index contributed by atoms with van der Waals surface area (Å²) in [5, 5.41) is 3.27. The monoisotopic (exact) mass is 356 g/mol. The molecule has 0 aliphatic rings. The summed E-state index contributed by atoms with van der Waals surface area (Å²) in [6.45, 7) is 9.21. The largest absolute Gasteiger partial charge is 0.493 e. The minimum atomic E-state index is -0.173. The number of carbonyl (C=O) groups excluding carboxylic acids is 1. The summed E-state index contributed by atoms with van der Waals surface area (Å²) < 4.78 is 11.1. The number of amides is 1. The SMILES string of the molecule is CCN(C)CCNC(=O)c1cc(Cl)c(OCCC(C)C)c(OC)c1. The zero-order valence-corrected chi connectivity index (χ0v) is 16.1. The number of halogens is 1. The van der Waals surface area contributed by atoms with Crippen molar-refractivity contribution in [3.63, 3.8) is 0 Å². The van der Waals surface area contributed by atoms with Crippen molar-refractivity contribution < 1.29 is 14.3 Å². The molecule has 136 valence electrons. The van der Waals surface area contributed by atoms with Gasteiger partial charge in [0.15, 0.2) is 11.5 Å². The molecule has 0 heterocycles. The fourth-order valence-corrected chi connectivity index (χ4v) is 2.27. The van der Waals surface area contributed by atoms with Gasteiger partial charge >= 0.3 is 0 Å². The van der Waals surface area contributed by atoms with E-state index in [0.717, 1.165) is 19.5 Å². The summed E-state index contributed by atoms with van der Waals surface area (Å²) in [6.07, 6.45) is 0.923. The molecule has 6 heteroatoms. The molecule has 1 N–H and O–H groups in total. The van der Waals surface area contributed by atoms with Crippen molar-refractivity contribution in [2.75, 3.05) is 40.4 Å². The van der Waals surface area contributed by atoms with E-state index in [2.05, 4.69) is 31.0 Å². The Labute approximate surface area is 150 Å². The Bertz CT molecular complexity index is 535. The van der Waals surface area contributed by atoms with Crippen molar-refractivity contribution in [1.29, 1.82) is 0 Å². The first-order valence-corrected chi connectivity index (χ1v) is 8.73. The van der Waals surface area contributed by atoms with Crippen LogP contribution in [0.4, 0.5) is 0 Å². The highest BCUT2D eigenvalue weighted by Gasteiger charge is 2.16. The predicted molar refractivity (Wildman–Crippen MR) is 98.5 cm³/mol. The first-order chi connectivity index (χ1) is 11.4. The number of ether oxygens (including phenoxy) is 2. The Morgan fingerprint density at radius 1 is 1.38 bits per heavy atom. The van der Waals surface area contributed by atoms with Gasteiger partial charge in [-0.25, -0.2) is 0 Å². The average molecular weight is 357 g/mol. The van der Waals surface area contributed by atoms with Gasteiger partial charge in [-0.15, -0.1) is 0 Å². The molecule has 0 spiro atoms. The van der Waals surface area contributed by atoms with Crippen LogP contribution in [0.2, 0.25) is 5.02 Å². The molecule has 0 aliphatic carbocycles. The van der Waals surface area contributed by atoms with Crippen LogP contribution in [-0.2, 0) is 0 Å². The van der Waals surface area contributed by atoms with Gasteiger partial charge in [0.05, 0.1) is 18.7 Å². The van der Waals surface area contributed by atoms with Gasteiger partial charge in [0.2, 0.25) is 0 Å². The second-order valence-electron chi connectivity index (χ2n) is 6.17. The topological polar surface area (TPSA) is 50.8 Å². The van der Waals surface area contributed by atoms with Gasteiger partial charge in [0, 0.05) is 18.7 Å². The van der Waals surface area contributed by atoms with Crippen molar-refractivity contribution in [3.05, 3.63) is 22.7 Å². The predicted octanol–water partition coefficient (Wildman–Crippen LogP) is 3.46. The summed E-state index contributed by atoms with van der Waals surface area (Å²) in [5.41, 5.74) is 0.465. The van der Waals surface area contributed by atoms with Crippen LogP contribution in [-0.4, -0.2) is 51.2 Å². The van der Waals surface area contributed by atoms with Crippen LogP contribution in [0.5, 0.6) is 11.5 Å². The third-order valence-corrected chi connectivity index (χ3v) is 4.03. The highest BCUT2D eigenvalue weighted by molar-refractivity contribution is 6.32. The zero-order chi connectivity index (χ0) is 18.1. The Kier molecular flexibility index (Phi) is 8.93. The van der Waals surface area contributed by atoms with E-state index in [-0.39, 0.29) is 5.91 Å². The summed E-state index contributed by atoms with van der Waals surface area (Å²) in [6, 6.07) is 3.28. The lowest BCUT2D eigenvalue weighted by Gasteiger charge is -2.16. The number of likely N-dealkylation sites (N-methyl/N-ethyl adjacent to an activating group) is 1. The third kappa shape index (κ3) is 6.57. The van der Waals surface area contributed by atoms with E-state index in [9.17, 15) is 4.79 Å². The van der Waals surface area contributed by atoms with Gasteiger partial charge in [-0.1, -0.05) is 32.4 Å². The molecule has 0 unspecified atom stereocenters. The normalized spacial score (nSPS) is 11.0. The Hall–Kier alpha value is -1.46. The smallest absolute Gasteiger partial charge is 0.251 e. The van der Waals surface area contributed by atoms with Crippen molar-refractivity contribution in [2.24, 2.45) is 5.92 Å². The maximum absolute atomic E-state index is 12.3. The van der Waals surface area contributed by atoms with Crippen LogP contribution in [0.25, 0.3) is 0 Å². The van der Waals surface area contributed by atoms with Crippen LogP contribution in [0.1, 0.15) is 37.6 Å². The van der Waals surface area contributed by atoms with E-state index in [1.54, 1.807) is 19.2 Å². The van der Waals surface area contributed by atoms with Crippen LogP contribution < -0.4 is 14.8 Å². The minimum Gasteiger partial charge on any atom is -0.493 e. The van der Waals surface area contributed by atoms with Crippen LogP contribution in [0, 0.1) is 5.92 Å². The van der Waals surface area contributed by atoms with Crippen molar-refractivity contribution >= 4 is 17.5 Å².